The van der Waals surface area contributed by atoms with Gasteiger partial charge in [-0.1, -0.05) is 32.0 Å². The molecule has 104 valence electrons. The van der Waals surface area contributed by atoms with Crippen molar-refractivity contribution in [2.24, 2.45) is 10.4 Å². The summed E-state index contributed by atoms with van der Waals surface area (Å²) in [6.45, 7) is 4.75. The van der Waals surface area contributed by atoms with E-state index in [1.165, 1.54) is 41.4 Å². The van der Waals surface area contributed by atoms with Gasteiger partial charge in [0.25, 0.3) is 0 Å². The van der Waals surface area contributed by atoms with Crippen molar-refractivity contribution in [3.05, 3.63) is 58.0 Å². The lowest BCUT2D eigenvalue weighted by atomic mass is 9.74. The fourth-order valence-corrected chi connectivity index (χ4v) is 3.50. The van der Waals surface area contributed by atoms with Crippen molar-refractivity contribution in [2.75, 3.05) is 0 Å². The topological polar surface area (TPSA) is 29.0 Å². The van der Waals surface area contributed by atoms with Crippen LogP contribution in [0.5, 0.6) is 0 Å². The van der Waals surface area contributed by atoms with Crippen LogP contribution in [0.1, 0.15) is 33.1 Å². The number of halogens is 1. The summed E-state index contributed by atoms with van der Waals surface area (Å²) in [6, 6.07) is 8.53. The van der Waals surface area contributed by atoms with Crippen LogP contribution in [0.25, 0.3) is 5.57 Å². The van der Waals surface area contributed by atoms with Gasteiger partial charge in [0.1, 0.15) is 17.6 Å². The molecule has 0 fully saturated rings. The summed E-state index contributed by atoms with van der Waals surface area (Å²) >= 11 is 0. The largest absolute Gasteiger partial charge is 1.00 e. The first kappa shape index (κ1) is 13.6. The Labute approximate surface area is 125 Å². The van der Waals surface area contributed by atoms with Crippen molar-refractivity contribution in [3.8, 4) is 0 Å². The summed E-state index contributed by atoms with van der Waals surface area (Å²) < 4.78 is 0. The number of quaternary nitrogens is 1. The summed E-state index contributed by atoms with van der Waals surface area (Å²) in [5.74, 6) is 0. The third-order valence-electron chi connectivity index (χ3n) is 4.52. The smallest absolute Gasteiger partial charge is 0.125 e. The first-order chi connectivity index (χ1) is 9.14. The van der Waals surface area contributed by atoms with Crippen LogP contribution in [0, 0.1) is 5.41 Å². The van der Waals surface area contributed by atoms with Gasteiger partial charge < -0.3 is 12.4 Å². The summed E-state index contributed by atoms with van der Waals surface area (Å²) in [6.07, 6.45) is 5.86. The third kappa shape index (κ3) is 1.95. The Bertz CT molecular complexity index is 753. The van der Waals surface area contributed by atoms with E-state index < -0.39 is 0 Å². The Morgan fingerprint density at radius 1 is 1.20 bits per heavy atom. The third-order valence-corrected chi connectivity index (χ3v) is 4.52. The fraction of sp³-hybridized carbons (Fsp3) is 0.353. The molecule has 0 unspecified atom stereocenters. The van der Waals surface area contributed by atoms with E-state index in [2.05, 4.69) is 49.6 Å². The molecule has 1 aromatic rings. The standard InChI is InChI=1S/C17H18N2.ClH/c1-17(2)8-7-12-14(9-17)18-10-15-16(12)11-5-3-4-6-13(11)19-15;/h3-6,10,18H,7-9H2,1-2H3;1H. The van der Waals surface area contributed by atoms with Crippen molar-refractivity contribution in [3.63, 3.8) is 0 Å². The Morgan fingerprint density at radius 2 is 2.00 bits per heavy atom. The first-order valence-electron chi connectivity index (χ1n) is 7.10. The molecule has 0 atom stereocenters. The molecule has 20 heavy (non-hydrogen) atoms. The second-order valence-corrected chi connectivity index (χ2v) is 6.57. The normalized spacial score (nSPS) is 22.1. The maximum Gasteiger partial charge on any atom is 0.125 e. The lowest BCUT2D eigenvalue weighted by Gasteiger charge is -2.32. The van der Waals surface area contributed by atoms with E-state index in [4.69, 9.17) is 4.99 Å². The van der Waals surface area contributed by atoms with Gasteiger partial charge in [-0.25, -0.2) is 4.99 Å². The number of para-hydroxylation sites is 1. The Morgan fingerprint density at radius 3 is 2.85 bits per heavy atom. The molecule has 0 saturated carbocycles. The quantitative estimate of drug-likeness (QED) is 0.593. The number of nitrogens with zero attached hydrogens (tertiary/aromatic N) is 1. The number of fused-ring (bicyclic) bond motifs is 3. The molecule has 0 amide bonds. The highest BCUT2D eigenvalue weighted by atomic mass is 35.5. The zero-order valence-corrected chi connectivity index (χ0v) is 12.7. The highest BCUT2D eigenvalue weighted by Crippen LogP contribution is 2.41. The highest BCUT2D eigenvalue weighted by molar-refractivity contribution is 5.80. The van der Waals surface area contributed by atoms with Crippen LogP contribution in [0.2, 0.25) is 0 Å². The van der Waals surface area contributed by atoms with Gasteiger partial charge in [0.05, 0.1) is 5.36 Å². The van der Waals surface area contributed by atoms with Gasteiger partial charge in [-0.3, -0.25) is 5.32 Å². The summed E-state index contributed by atoms with van der Waals surface area (Å²) in [4.78, 5) is 4.76. The minimum Gasteiger partial charge on any atom is -1.00 e. The van der Waals surface area contributed by atoms with E-state index in [0.29, 0.717) is 5.41 Å². The number of hydrogen-bond acceptors (Lipinski definition) is 1. The lowest BCUT2D eigenvalue weighted by Crippen LogP contribution is -3.00. The van der Waals surface area contributed by atoms with Crippen LogP contribution < -0.4 is 28.3 Å². The molecule has 0 spiro atoms. The number of hydrogen-bond donors (Lipinski definition) is 1. The van der Waals surface area contributed by atoms with Crippen LogP contribution in [0.4, 0.5) is 0 Å². The predicted octanol–water partition coefficient (Wildman–Crippen LogP) is -1.64. The average Bonchev–Trinajstić information content (AvgIpc) is 2.76. The van der Waals surface area contributed by atoms with E-state index in [1.54, 1.807) is 5.57 Å². The van der Waals surface area contributed by atoms with Gasteiger partial charge in [0, 0.05) is 22.8 Å². The molecule has 4 rings (SSSR count). The van der Waals surface area contributed by atoms with Crippen LogP contribution >= 0.6 is 0 Å². The predicted molar refractivity (Wildman–Crippen MR) is 75.3 cm³/mol. The minimum atomic E-state index is 0. The van der Waals surface area contributed by atoms with Crippen LogP contribution in [-0.2, 0) is 0 Å². The summed E-state index contributed by atoms with van der Waals surface area (Å²) in [5.41, 5.74) is 6.09. The number of rotatable bonds is 0. The zero-order valence-electron chi connectivity index (χ0n) is 11.9. The van der Waals surface area contributed by atoms with Gasteiger partial charge in [-0.15, -0.1) is 0 Å². The van der Waals surface area contributed by atoms with Gasteiger partial charge in [0.2, 0.25) is 0 Å². The molecule has 0 bridgehead atoms. The van der Waals surface area contributed by atoms with E-state index in [1.807, 2.05) is 0 Å². The molecule has 2 aliphatic heterocycles. The first-order valence-corrected chi connectivity index (χ1v) is 7.10. The zero-order chi connectivity index (χ0) is 13.0. The second kappa shape index (κ2) is 4.57. The Hall–Kier alpha value is -1.38. The molecule has 3 heteroatoms. The molecule has 0 aromatic heterocycles. The maximum absolute atomic E-state index is 4.76. The second-order valence-electron chi connectivity index (χ2n) is 6.57. The van der Waals surface area contributed by atoms with Crippen LogP contribution in [0.3, 0.4) is 0 Å². The molecule has 2 nitrogen and oxygen atoms in total. The molecule has 0 radical (unpaired) electrons. The van der Waals surface area contributed by atoms with E-state index in [0.717, 1.165) is 5.36 Å². The lowest BCUT2D eigenvalue weighted by molar-refractivity contribution is -0.542. The Balaban J connectivity index is 0.00000121. The molecule has 2 N–H and O–H groups in total. The minimum absolute atomic E-state index is 0. The maximum atomic E-state index is 4.76. The Kier molecular flexibility index (Phi) is 3.11. The number of nitrogens with two attached hydrogens (primary N) is 1. The number of allylic oxidation sites excluding steroid dienone is 2. The van der Waals surface area contributed by atoms with Crippen LogP contribution in [-0.4, -0.2) is 0 Å². The monoisotopic (exact) mass is 286 g/mol. The summed E-state index contributed by atoms with van der Waals surface area (Å²) in [7, 11) is 0. The van der Waals surface area contributed by atoms with Crippen molar-refractivity contribution < 1.29 is 17.7 Å². The van der Waals surface area contributed by atoms with Gasteiger partial charge in [-0.2, -0.15) is 0 Å². The van der Waals surface area contributed by atoms with E-state index >= 15 is 0 Å². The molecule has 0 saturated heterocycles. The molecular weight excluding hydrogens is 268 g/mol. The fourth-order valence-electron chi connectivity index (χ4n) is 3.50. The average molecular weight is 287 g/mol. The molecule has 2 heterocycles. The van der Waals surface area contributed by atoms with Crippen molar-refractivity contribution in [1.82, 2.24) is 0 Å². The molecular formula is C17H19ClN2. The van der Waals surface area contributed by atoms with Crippen molar-refractivity contribution >= 4 is 5.57 Å². The van der Waals surface area contributed by atoms with Gasteiger partial charge >= 0.3 is 0 Å². The van der Waals surface area contributed by atoms with Gasteiger partial charge in [0.15, 0.2) is 0 Å². The van der Waals surface area contributed by atoms with Crippen molar-refractivity contribution in [2.45, 2.75) is 33.1 Å². The van der Waals surface area contributed by atoms with Gasteiger partial charge in [-0.05, 0) is 24.3 Å². The highest BCUT2D eigenvalue weighted by Gasteiger charge is 2.35. The molecule has 1 aromatic carbocycles. The van der Waals surface area contributed by atoms with E-state index in [-0.39, 0.29) is 12.4 Å². The summed E-state index contributed by atoms with van der Waals surface area (Å²) in [5, 5.41) is 4.76. The molecule has 3 aliphatic rings. The molecule has 1 aliphatic carbocycles. The van der Waals surface area contributed by atoms with E-state index in [9.17, 15) is 0 Å². The number of benzene rings is 1. The SMILES string of the molecule is CC1(C)CCC2=C(C1)[NH2+]C=C1N=c3ccccc3=C12.[Cl-]. The van der Waals surface area contributed by atoms with Crippen molar-refractivity contribution in [1.29, 1.82) is 0 Å². The van der Waals surface area contributed by atoms with Crippen LogP contribution in [0.15, 0.2) is 52.4 Å².